The van der Waals surface area contributed by atoms with E-state index < -0.39 is 0 Å². The Kier molecular flexibility index (Phi) is 4.36. The van der Waals surface area contributed by atoms with E-state index in [1.807, 2.05) is 40.8 Å². The van der Waals surface area contributed by atoms with Crippen LogP contribution in [-0.4, -0.2) is 16.0 Å². The summed E-state index contributed by atoms with van der Waals surface area (Å²) in [5.41, 5.74) is 4.63. The van der Waals surface area contributed by atoms with Gasteiger partial charge in [-0.15, -0.1) is 0 Å². The standard InChI is InChI=1S/C25H22INO3/c1-25(2)11-16-21-15-6-4-3-5-13(15)7-8-18(21)27-23(22(16)20(29)12-25)14-9-17(26)24(30)19(28)10-14/h3-10,23,27-28,30H,11-12H2,1-2H3. The lowest BCUT2D eigenvalue weighted by Crippen LogP contribution is -2.33. The van der Waals surface area contributed by atoms with Crippen molar-refractivity contribution in [1.29, 1.82) is 0 Å². The van der Waals surface area contributed by atoms with Crippen molar-refractivity contribution in [3.8, 4) is 11.5 Å². The first-order valence-electron chi connectivity index (χ1n) is 10.0. The molecule has 2 aliphatic rings. The zero-order valence-electron chi connectivity index (χ0n) is 16.8. The molecule has 3 aromatic rings. The number of benzene rings is 3. The molecule has 0 bridgehead atoms. The number of Topliss-reactive ketones (excluding diaryl/α,β-unsaturated/α-hetero) is 1. The molecule has 5 rings (SSSR count). The highest BCUT2D eigenvalue weighted by Gasteiger charge is 2.41. The molecule has 0 spiro atoms. The van der Waals surface area contributed by atoms with E-state index in [9.17, 15) is 15.0 Å². The van der Waals surface area contributed by atoms with Gasteiger partial charge in [0.15, 0.2) is 17.3 Å². The lowest BCUT2D eigenvalue weighted by Gasteiger charge is -2.40. The van der Waals surface area contributed by atoms with Crippen molar-refractivity contribution in [3.63, 3.8) is 0 Å². The number of anilines is 1. The molecule has 5 heteroatoms. The molecule has 1 unspecified atom stereocenters. The Morgan fingerprint density at radius 2 is 1.83 bits per heavy atom. The number of allylic oxidation sites excluding steroid dienone is 1. The number of hydrogen-bond donors (Lipinski definition) is 3. The lowest BCUT2D eigenvalue weighted by molar-refractivity contribution is -0.118. The fourth-order valence-electron chi connectivity index (χ4n) is 4.86. The van der Waals surface area contributed by atoms with Gasteiger partial charge in [-0.3, -0.25) is 4.79 Å². The highest BCUT2D eigenvalue weighted by Crippen LogP contribution is 2.52. The van der Waals surface area contributed by atoms with Crippen LogP contribution >= 0.6 is 22.6 Å². The van der Waals surface area contributed by atoms with Gasteiger partial charge in [-0.1, -0.05) is 44.2 Å². The number of ketones is 1. The van der Waals surface area contributed by atoms with Crippen molar-refractivity contribution >= 4 is 50.4 Å². The molecule has 1 aliphatic heterocycles. The Hall–Kier alpha value is -2.54. The third-order valence-electron chi connectivity index (χ3n) is 6.14. The molecule has 1 heterocycles. The van der Waals surface area contributed by atoms with Crippen molar-refractivity contribution in [3.05, 3.63) is 68.8 Å². The number of hydrogen-bond acceptors (Lipinski definition) is 4. The van der Waals surface area contributed by atoms with E-state index in [2.05, 4.69) is 43.4 Å². The lowest BCUT2D eigenvalue weighted by atomic mass is 9.68. The summed E-state index contributed by atoms with van der Waals surface area (Å²) in [6.45, 7) is 4.29. The van der Waals surface area contributed by atoms with Gasteiger partial charge in [0.1, 0.15) is 0 Å². The van der Waals surface area contributed by atoms with Gasteiger partial charge >= 0.3 is 0 Å². The maximum absolute atomic E-state index is 13.4. The van der Waals surface area contributed by atoms with Crippen molar-refractivity contribution in [2.24, 2.45) is 5.41 Å². The molecule has 0 fully saturated rings. The Labute approximate surface area is 188 Å². The molecule has 1 aliphatic carbocycles. The van der Waals surface area contributed by atoms with Gasteiger partial charge in [0.25, 0.3) is 0 Å². The molecular weight excluding hydrogens is 489 g/mol. The van der Waals surface area contributed by atoms with Crippen LogP contribution in [0.25, 0.3) is 16.3 Å². The summed E-state index contributed by atoms with van der Waals surface area (Å²) in [5.74, 6) is -0.166. The Morgan fingerprint density at radius 3 is 2.60 bits per heavy atom. The number of rotatable bonds is 1. The topological polar surface area (TPSA) is 69.6 Å². The third kappa shape index (κ3) is 2.98. The van der Waals surface area contributed by atoms with Gasteiger partial charge in [-0.2, -0.15) is 0 Å². The van der Waals surface area contributed by atoms with Crippen LogP contribution in [0, 0.1) is 8.99 Å². The first kappa shape index (κ1) is 19.4. The molecule has 0 saturated carbocycles. The fraction of sp³-hybridized carbons (Fsp3) is 0.240. The van der Waals surface area contributed by atoms with Crippen molar-refractivity contribution in [2.75, 3.05) is 5.32 Å². The minimum atomic E-state index is -0.364. The number of nitrogens with one attached hydrogen (secondary N) is 1. The summed E-state index contributed by atoms with van der Waals surface area (Å²) >= 11 is 2.00. The van der Waals surface area contributed by atoms with Gasteiger partial charge < -0.3 is 15.5 Å². The smallest absolute Gasteiger partial charge is 0.171 e. The van der Waals surface area contributed by atoms with Crippen LogP contribution in [-0.2, 0) is 4.79 Å². The first-order valence-corrected chi connectivity index (χ1v) is 11.1. The average molecular weight is 511 g/mol. The van der Waals surface area contributed by atoms with E-state index in [-0.39, 0.29) is 28.7 Å². The fourth-order valence-corrected chi connectivity index (χ4v) is 5.49. The molecule has 0 radical (unpaired) electrons. The number of carbonyl (C=O) groups is 1. The van der Waals surface area contributed by atoms with Crippen LogP contribution in [0.2, 0.25) is 0 Å². The molecule has 30 heavy (non-hydrogen) atoms. The number of phenolic OH excluding ortho intramolecular Hbond substituents is 2. The second kappa shape index (κ2) is 6.74. The summed E-state index contributed by atoms with van der Waals surface area (Å²) in [4.78, 5) is 13.4. The van der Waals surface area contributed by atoms with E-state index in [0.717, 1.165) is 45.2 Å². The maximum atomic E-state index is 13.4. The molecule has 4 nitrogen and oxygen atoms in total. The van der Waals surface area contributed by atoms with Gasteiger partial charge in [0.2, 0.25) is 0 Å². The highest BCUT2D eigenvalue weighted by atomic mass is 127. The number of aromatic hydroxyl groups is 2. The van der Waals surface area contributed by atoms with Crippen LogP contribution in [0.3, 0.4) is 0 Å². The molecular formula is C25H22INO3. The van der Waals surface area contributed by atoms with Crippen LogP contribution < -0.4 is 5.32 Å². The van der Waals surface area contributed by atoms with Gasteiger partial charge in [0, 0.05) is 23.2 Å². The normalized spacial score (nSPS) is 20.0. The number of carbonyl (C=O) groups excluding carboxylic acids is 1. The van der Waals surface area contributed by atoms with Gasteiger partial charge in [-0.25, -0.2) is 0 Å². The van der Waals surface area contributed by atoms with Crippen molar-refractivity contribution in [2.45, 2.75) is 32.7 Å². The van der Waals surface area contributed by atoms with Gasteiger partial charge in [0.05, 0.1) is 9.61 Å². The molecule has 1 atom stereocenters. The second-order valence-electron chi connectivity index (χ2n) is 8.99. The predicted octanol–water partition coefficient (Wildman–Crippen LogP) is 6.17. The van der Waals surface area contributed by atoms with E-state index in [1.54, 1.807) is 6.07 Å². The summed E-state index contributed by atoms with van der Waals surface area (Å²) in [5, 5.41) is 26.1. The zero-order valence-corrected chi connectivity index (χ0v) is 18.9. The van der Waals surface area contributed by atoms with Crippen LogP contribution in [0.1, 0.15) is 43.9 Å². The van der Waals surface area contributed by atoms with Gasteiger partial charge in [-0.05, 0) is 74.5 Å². The van der Waals surface area contributed by atoms with E-state index in [0.29, 0.717) is 9.99 Å². The van der Waals surface area contributed by atoms with Crippen molar-refractivity contribution < 1.29 is 15.0 Å². The van der Waals surface area contributed by atoms with Crippen LogP contribution in [0.5, 0.6) is 11.5 Å². The monoisotopic (exact) mass is 511 g/mol. The predicted molar refractivity (Wildman–Crippen MR) is 128 cm³/mol. The minimum absolute atomic E-state index is 0.114. The molecule has 3 aromatic carbocycles. The third-order valence-corrected chi connectivity index (χ3v) is 6.96. The molecule has 152 valence electrons. The van der Waals surface area contributed by atoms with E-state index in [1.165, 1.54) is 0 Å². The van der Waals surface area contributed by atoms with Crippen LogP contribution in [0.4, 0.5) is 5.69 Å². The summed E-state index contributed by atoms with van der Waals surface area (Å²) in [6.07, 6.45) is 1.31. The van der Waals surface area contributed by atoms with Crippen molar-refractivity contribution in [1.82, 2.24) is 0 Å². The molecule has 0 saturated heterocycles. The van der Waals surface area contributed by atoms with Crippen LogP contribution in [0.15, 0.2) is 54.1 Å². The summed E-state index contributed by atoms with van der Waals surface area (Å²) in [7, 11) is 0. The quantitative estimate of drug-likeness (QED) is 0.270. The number of halogens is 1. The second-order valence-corrected chi connectivity index (χ2v) is 10.2. The molecule has 0 amide bonds. The first-order chi connectivity index (χ1) is 14.2. The summed E-state index contributed by atoms with van der Waals surface area (Å²) < 4.78 is 0.555. The highest BCUT2D eigenvalue weighted by molar-refractivity contribution is 14.1. The number of phenols is 2. The largest absolute Gasteiger partial charge is 0.504 e. The maximum Gasteiger partial charge on any atom is 0.171 e. The van der Waals surface area contributed by atoms with E-state index >= 15 is 0 Å². The molecule has 3 N–H and O–H groups in total. The Balaban J connectivity index is 1.80. The molecule has 0 aromatic heterocycles. The average Bonchev–Trinajstić information content (AvgIpc) is 2.69. The zero-order chi connectivity index (χ0) is 21.2. The summed E-state index contributed by atoms with van der Waals surface area (Å²) in [6, 6.07) is 15.5. The van der Waals surface area contributed by atoms with E-state index in [4.69, 9.17) is 0 Å². The Morgan fingerprint density at radius 1 is 1.07 bits per heavy atom. The Bertz CT molecular complexity index is 1240. The minimum Gasteiger partial charge on any atom is -0.504 e. The SMILES string of the molecule is CC1(C)CC(=O)C2=C(C1)c1c(ccc3ccccc13)NC2c1cc(O)c(O)c(I)c1. The number of fused-ring (bicyclic) bond motifs is 4.